The van der Waals surface area contributed by atoms with E-state index in [0.717, 1.165) is 19.3 Å². The Labute approximate surface area is 119 Å². The molecule has 0 amide bonds. The fraction of sp³-hybridized carbons (Fsp3) is 0.938. The van der Waals surface area contributed by atoms with E-state index >= 15 is 0 Å². The Hall–Kier alpha value is -0.153. The van der Waals surface area contributed by atoms with Crippen LogP contribution in [0.1, 0.15) is 53.4 Å². The van der Waals surface area contributed by atoms with E-state index < -0.39 is 13.9 Å². The largest absolute Gasteiger partial charge is 0.405 e. The average Bonchev–Trinajstić information content (AvgIpc) is 2.59. The topological polar surface area (TPSA) is 26.3 Å². The molecule has 0 radical (unpaired) electrons. The molecule has 0 heterocycles. The first kappa shape index (κ1) is 15.2. The van der Waals surface area contributed by atoms with Crippen LogP contribution in [0, 0.1) is 16.7 Å². The van der Waals surface area contributed by atoms with Crippen molar-refractivity contribution >= 4 is 14.1 Å². The molecule has 0 unspecified atom stereocenters. The van der Waals surface area contributed by atoms with Gasteiger partial charge in [0.25, 0.3) is 0 Å². The van der Waals surface area contributed by atoms with Crippen LogP contribution in [-0.2, 0) is 9.22 Å². The molecule has 19 heavy (non-hydrogen) atoms. The van der Waals surface area contributed by atoms with E-state index in [9.17, 15) is 4.79 Å². The molecule has 0 aliphatic heterocycles. The van der Waals surface area contributed by atoms with Crippen LogP contribution in [0.5, 0.6) is 0 Å². The molecule has 0 aromatic heterocycles. The Morgan fingerprint density at radius 3 is 2.26 bits per heavy atom. The summed E-state index contributed by atoms with van der Waals surface area (Å²) in [6, 6.07) is 0. The zero-order chi connectivity index (χ0) is 14.7. The van der Waals surface area contributed by atoms with Crippen molar-refractivity contribution in [2.24, 2.45) is 16.7 Å². The fourth-order valence-electron chi connectivity index (χ4n) is 5.25. The summed E-state index contributed by atoms with van der Waals surface area (Å²) in [6.45, 7) is 15.4. The smallest absolute Gasteiger partial charge is 0.185 e. The molecule has 2 fully saturated rings. The van der Waals surface area contributed by atoms with Crippen molar-refractivity contribution in [2.75, 3.05) is 0 Å². The summed E-state index contributed by atoms with van der Waals surface area (Å²) in [5, 5.41) is 0. The molecule has 0 aromatic carbocycles. The van der Waals surface area contributed by atoms with Crippen LogP contribution in [-0.4, -0.2) is 19.7 Å². The van der Waals surface area contributed by atoms with Crippen molar-refractivity contribution in [3.05, 3.63) is 0 Å². The first-order valence-electron chi connectivity index (χ1n) is 7.74. The van der Waals surface area contributed by atoms with E-state index in [4.69, 9.17) is 4.43 Å². The average molecular weight is 282 g/mol. The van der Waals surface area contributed by atoms with Crippen molar-refractivity contribution in [3.63, 3.8) is 0 Å². The summed E-state index contributed by atoms with van der Waals surface area (Å²) < 4.78 is 6.60. The van der Waals surface area contributed by atoms with Gasteiger partial charge in [-0.3, -0.25) is 4.79 Å². The number of hydrogen-bond donors (Lipinski definition) is 0. The van der Waals surface area contributed by atoms with Crippen LogP contribution in [0.25, 0.3) is 0 Å². The number of carbonyl (C=O) groups is 1. The molecule has 2 nitrogen and oxygen atoms in total. The molecule has 0 saturated heterocycles. The van der Waals surface area contributed by atoms with E-state index in [2.05, 4.69) is 40.4 Å². The molecule has 0 aromatic rings. The second kappa shape index (κ2) is 4.17. The number of Topliss-reactive ketones (excluding diaryl/α,β-unsaturated/α-hetero) is 1. The summed E-state index contributed by atoms with van der Waals surface area (Å²) in [5.41, 5.74) is -0.220. The van der Waals surface area contributed by atoms with Gasteiger partial charge >= 0.3 is 0 Å². The Bertz CT molecular complexity index is 396. The lowest BCUT2D eigenvalue weighted by molar-refractivity contribution is -0.151. The van der Waals surface area contributed by atoms with Gasteiger partial charge in [0, 0.05) is 5.41 Å². The highest BCUT2D eigenvalue weighted by molar-refractivity contribution is 6.70. The van der Waals surface area contributed by atoms with Gasteiger partial charge < -0.3 is 4.43 Å². The summed E-state index contributed by atoms with van der Waals surface area (Å²) in [4.78, 5) is 12.6. The monoisotopic (exact) mass is 282 g/mol. The van der Waals surface area contributed by atoms with Crippen LogP contribution in [0.4, 0.5) is 0 Å². The number of fused-ring (bicyclic) bond motifs is 2. The zero-order valence-electron chi connectivity index (χ0n) is 13.7. The van der Waals surface area contributed by atoms with Crippen molar-refractivity contribution < 1.29 is 9.22 Å². The number of rotatable bonds is 4. The summed E-state index contributed by atoms with van der Waals surface area (Å²) >= 11 is 0. The SMILES string of the molecule is CC[C@]12CC[C@H](C[C@]1(O[Si](C)(C)C)C(C)=O)C2(C)C. The van der Waals surface area contributed by atoms with Crippen molar-refractivity contribution in [1.29, 1.82) is 0 Å². The highest BCUT2D eigenvalue weighted by atomic mass is 28.4. The minimum Gasteiger partial charge on any atom is -0.405 e. The Morgan fingerprint density at radius 2 is 1.89 bits per heavy atom. The third kappa shape index (κ3) is 1.80. The number of hydrogen-bond acceptors (Lipinski definition) is 2. The number of ketones is 1. The summed E-state index contributed by atoms with van der Waals surface area (Å²) in [6.07, 6.45) is 4.43. The molecule has 0 spiro atoms. The predicted molar refractivity (Wildman–Crippen MR) is 81.7 cm³/mol. The van der Waals surface area contributed by atoms with Crippen LogP contribution >= 0.6 is 0 Å². The van der Waals surface area contributed by atoms with Gasteiger partial charge in [-0.25, -0.2) is 0 Å². The highest BCUT2D eigenvalue weighted by Crippen LogP contribution is 2.72. The van der Waals surface area contributed by atoms with Crippen LogP contribution in [0.2, 0.25) is 19.6 Å². The van der Waals surface area contributed by atoms with Gasteiger partial charge in [0.15, 0.2) is 14.1 Å². The lowest BCUT2D eigenvalue weighted by Gasteiger charge is -2.51. The predicted octanol–water partition coefficient (Wildman–Crippen LogP) is 4.40. The number of carbonyl (C=O) groups excluding carboxylic acids is 1. The minimum atomic E-state index is -1.74. The zero-order valence-corrected chi connectivity index (χ0v) is 14.7. The minimum absolute atomic E-state index is 0.0524. The van der Waals surface area contributed by atoms with Crippen molar-refractivity contribution in [2.45, 2.75) is 78.6 Å². The van der Waals surface area contributed by atoms with E-state index in [1.54, 1.807) is 6.92 Å². The van der Waals surface area contributed by atoms with E-state index in [-0.39, 0.29) is 16.6 Å². The molecule has 3 heteroatoms. The lowest BCUT2D eigenvalue weighted by atomic mass is 9.60. The lowest BCUT2D eigenvalue weighted by Crippen LogP contribution is -2.59. The molecule has 3 atom stereocenters. The van der Waals surface area contributed by atoms with Crippen molar-refractivity contribution in [3.8, 4) is 0 Å². The Balaban J connectivity index is 2.55. The first-order chi connectivity index (χ1) is 8.52. The van der Waals surface area contributed by atoms with E-state index in [0.29, 0.717) is 5.92 Å². The van der Waals surface area contributed by atoms with Gasteiger partial charge in [-0.05, 0) is 63.6 Å². The van der Waals surface area contributed by atoms with Gasteiger partial charge in [0.1, 0.15) is 5.60 Å². The molecular formula is C16H30O2Si. The maximum atomic E-state index is 12.6. The van der Waals surface area contributed by atoms with E-state index in [1.807, 2.05) is 0 Å². The summed E-state index contributed by atoms with van der Waals surface area (Å²) in [5.74, 6) is 0.916. The third-order valence-corrected chi connectivity index (χ3v) is 7.09. The van der Waals surface area contributed by atoms with Crippen LogP contribution in [0.15, 0.2) is 0 Å². The maximum absolute atomic E-state index is 12.6. The van der Waals surface area contributed by atoms with Crippen molar-refractivity contribution in [1.82, 2.24) is 0 Å². The molecule has 2 aliphatic rings. The third-order valence-electron chi connectivity index (χ3n) is 6.13. The molecule has 110 valence electrons. The molecular weight excluding hydrogens is 252 g/mol. The molecule has 0 N–H and O–H groups in total. The van der Waals surface area contributed by atoms with Gasteiger partial charge in [0.05, 0.1) is 0 Å². The second-order valence-electron chi connectivity index (χ2n) is 8.19. The maximum Gasteiger partial charge on any atom is 0.185 e. The second-order valence-corrected chi connectivity index (χ2v) is 12.6. The van der Waals surface area contributed by atoms with Gasteiger partial charge in [-0.15, -0.1) is 0 Å². The highest BCUT2D eigenvalue weighted by Gasteiger charge is 2.73. The van der Waals surface area contributed by atoms with Crippen LogP contribution < -0.4 is 0 Å². The van der Waals surface area contributed by atoms with Gasteiger partial charge in [-0.1, -0.05) is 20.8 Å². The van der Waals surface area contributed by atoms with Crippen LogP contribution in [0.3, 0.4) is 0 Å². The van der Waals surface area contributed by atoms with Gasteiger partial charge in [0.2, 0.25) is 0 Å². The molecule has 2 rings (SSSR count). The standard InChI is InChI=1S/C16H30O2Si/c1-8-15-10-9-13(14(15,3)4)11-16(15,12(2)17)18-19(5,6)7/h13H,8-11H2,1-7H3/t13-,15-,16+/m1/s1. The Morgan fingerprint density at radius 1 is 1.32 bits per heavy atom. The Kier molecular flexibility index (Phi) is 3.35. The van der Waals surface area contributed by atoms with Gasteiger partial charge in [-0.2, -0.15) is 0 Å². The molecule has 2 bridgehead atoms. The molecule has 2 aliphatic carbocycles. The normalized spacial score (nSPS) is 40.7. The summed E-state index contributed by atoms with van der Waals surface area (Å²) in [7, 11) is -1.74. The molecule has 2 saturated carbocycles. The first-order valence-corrected chi connectivity index (χ1v) is 11.1. The quantitative estimate of drug-likeness (QED) is 0.714. The van der Waals surface area contributed by atoms with E-state index in [1.165, 1.54) is 6.42 Å². The fourth-order valence-corrected chi connectivity index (χ4v) is 6.72.